The summed E-state index contributed by atoms with van der Waals surface area (Å²) in [4.78, 5) is 26.8. The number of nitrogens with one attached hydrogen (secondary N) is 1. The summed E-state index contributed by atoms with van der Waals surface area (Å²) in [5.74, 6) is 0.0204. The van der Waals surface area contributed by atoms with Crippen LogP contribution in [0, 0.1) is 13.8 Å². The number of hydrogen-bond acceptors (Lipinski definition) is 3. The molecule has 0 radical (unpaired) electrons. The van der Waals surface area contributed by atoms with E-state index in [1.54, 1.807) is 11.0 Å². The van der Waals surface area contributed by atoms with E-state index in [4.69, 9.17) is 0 Å². The summed E-state index contributed by atoms with van der Waals surface area (Å²) in [5.41, 5.74) is 3.25. The van der Waals surface area contributed by atoms with Crippen molar-refractivity contribution in [3.8, 4) is 0 Å². The highest BCUT2D eigenvalue weighted by molar-refractivity contribution is 7.12. The first-order valence-corrected chi connectivity index (χ1v) is 9.09. The van der Waals surface area contributed by atoms with Crippen LogP contribution < -0.4 is 10.2 Å². The molecule has 1 aromatic carbocycles. The number of benzene rings is 1. The zero-order valence-electron chi connectivity index (χ0n) is 14.5. The molecule has 2 amide bonds. The molecule has 0 saturated heterocycles. The number of amides is 2. The van der Waals surface area contributed by atoms with E-state index >= 15 is 0 Å². The number of anilines is 1. The molecule has 0 unspecified atom stereocenters. The number of carbonyl (C=O) groups excluding carboxylic acids is 2. The molecule has 0 atom stereocenters. The maximum atomic E-state index is 12.5. The van der Waals surface area contributed by atoms with Crippen molar-refractivity contribution in [2.24, 2.45) is 0 Å². The number of hydrogen-bond donors (Lipinski definition) is 1. The first-order valence-electron chi connectivity index (χ1n) is 8.21. The van der Waals surface area contributed by atoms with Gasteiger partial charge in [-0.3, -0.25) is 9.59 Å². The molecule has 0 aliphatic carbocycles. The molecule has 0 spiro atoms. The number of aryl methyl sites for hydroxylation is 2. The van der Waals surface area contributed by atoms with E-state index in [0.717, 1.165) is 16.8 Å². The van der Waals surface area contributed by atoms with Gasteiger partial charge >= 0.3 is 0 Å². The fraction of sp³-hybridized carbons (Fsp3) is 0.368. The summed E-state index contributed by atoms with van der Waals surface area (Å²) in [6.07, 6.45) is 1.06. The van der Waals surface area contributed by atoms with Crippen LogP contribution in [0.1, 0.15) is 40.6 Å². The third kappa shape index (κ3) is 4.93. The van der Waals surface area contributed by atoms with Crippen molar-refractivity contribution in [3.05, 3.63) is 51.7 Å². The van der Waals surface area contributed by atoms with Gasteiger partial charge < -0.3 is 10.2 Å². The Morgan fingerprint density at radius 1 is 1.17 bits per heavy atom. The molecule has 2 rings (SSSR count). The summed E-state index contributed by atoms with van der Waals surface area (Å²) in [6, 6.07) is 9.82. The first-order chi connectivity index (χ1) is 11.5. The Kier molecular flexibility index (Phi) is 6.55. The van der Waals surface area contributed by atoms with Crippen LogP contribution in [0.25, 0.3) is 0 Å². The third-order valence-corrected chi connectivity index (χ3v) is 4.60. The minimum absolute atomic E-state index is 0.0703. The number of carbonyl (C=O) groups is 2. The Bertz CT molecular complexity index is 675. The van der Waals surface area contributed by atoms with Gasteiger partial charge in [-0.1, -0.05) is 12.1 Å². The molecule has 128 valence electrons. The highest BCUT2D eigenvalue weighted by Gasteiger charge is 2.14. The lowest BCUT2D eigenvalue weighted by atomic mass is 10.1. The molecule has 0 aliphatic heterocycles. The molecule has 0 fully saturated rings. The zero-order chi connectivity index (χ0) is 17.5. The molecule has 0 bridgehead atoms. The SMILES string of the molecule is CCN(C(=O)CCCNC(=O)c1cccs1)c1cc(C)cc(C)c1. The fourth-order valence-electron chi connectivity index (χ4n) is 2.68. The Hall–Kier alpha value is -2.14. The molecular formula is C19H24N2O2S. The van der Waals surface area contributed by atoms with Gasteiger partial charge in [0.15, 0.2) is 0 Å². The quantitative estimate of drug-likeness (QED) is 0.774. The van der Waals surface area contributed by atoms with E-state index in [0.29, 0.717) is 30.8 Å². The zero-order valence-corrected chi connectivity index (χ0v) is 15.3. The van der Waals surface area contributed by atoms with E-state index in [2.05, 4.69) is 11.4 Å². The van der Waals surface area contributed by atoms with Crippen LogP contribution in [-0.4, -0.2) is 24.9 Å². The summed E-state index contributed by atoms with van der Waals surface area (Å²) < 4.78 is 0. The van der Waals surface area contributed by atoms with Gasteiger partial charge in [0.2, 0.25) is 5.91 Å². The smallest absolute Gasteiger partial charge is 0.261 e. The van der Waals surface area contributed by atoms with Gasteiger partial charge in [0.25, 0.3) is 5.91 Å². The largest absolute Gasteiger partial charge is 0.351 e. The molecule has 1 N–H and O–H groups in total. The Balaban J connectivity index is 1.85. The highest BCUT2D eigenvalue weighted by atomic mass is 32.1. The molecular weight excluding hydrogens is 320 g/mol. The van der Waals surface area contributed by atoms with Gasteiger partial charge in [-0.2, -0.15) is 0 Å². The van der Waals surface area contributed by atoms with Crippen LogP contribution >= 0.6 is 11.3 Å². The van der Waals surface area contributed by atoms with Crippen LogP contribution in [0.15, 0.2) is 35.7 Å². The minimum atomic E-state index is -0.0703. The Morgan fingerprint density at radius 2 is 1.88 bits per heavy atom. The highest BCUT2D eigenvalue weighted by Crippen LogP contribution is 2.19. The maximum Gasteiger partial charge on any atom is 0.261 e. The normalized spacial score (nSPS) is 10.5. The molecule has 0 saturated carbocycles. The monoisotopic (exact) mass is 344 g/mol. The van der Waals surface area contributed by atoms with Crippen LogP contribution in [0.3, 0.4) is 0 Å². The lowest BCUT2D eigenvalue weighted by Crippen LogP contribution is -2.31. The van der Waals surface area contributed by atoms with E-state index in [-0.39, 0.29) is 11.8 Å². The van der Waals surface area contributed by atoms with Crippen molar-refractivity contribution in [2.45, 2.75) is 33.6 Å². The van der Waals surface area contributed by atoms with Gasteiger partial charge in [0.1, 0.15) is 0 Å². The molecule has 0 aliphatic rings. The molecule has 2 aromatic rings. The topological polar surface area (TPSA) is 49.4 Å². The van der Waals surface area contributed by atoms with Gasteiger partial charge in [0.05, 0.1) is 4.88 Å². The second-order valence-electron chi connectivity index (χ2n) is 5.82. The van der Waals surface area contributed by atoms with Gasteiger partial charge in [0, 0.05) is 25.2 Å². The summed E-state index contributed by atoms with van der Waals surface area (Å²) >= 11 is 1.42. The van der Waals surface area contributed by atoms with Crippen molar-refractivity contribution < 1.29 is 9.59 Å². The van der Waals surface area contributed by atoms with Crippen LogP contribution in [0.5, 0.6) is 0 Å². The van der Waals surface area contributed by atoms with Crippen molar-refractivity contribution in [1.29, 1.82) is 0 Å². The van der Waals surface area contributed by atoms with Crippen LogP contribution in [0.2, 0.25) is 0 Å². The summed E-state index contributed by atoms with van der Waals surface area (Å²) in [6.45, 7) is 7.20. The molecule has 4 nitrogen and oxygen atoms in total. The summed E-state index contributed by atoms with van der Waals surface area (Å²) in [7, 11) is 0. The van der Waals surface area contributed by atoms with E-state index in [1.165, 1.54) is 11.3 Å². The lowest BCUT2D eigenvalue weighted by molar-refractivity contribution is -0.118. The Labute approximate surface area is 147 Å². The van der Waals surface area contributed by atoms with Crippen LogP contribution in [0.4, 0.5) is 5.69 Å². The number of rotatable bonds is 7. The summed E-state index contributed by atoms with van der Waals surface area (Å²) in [5, 5.41) is 4.73. The average Bonchev–Trinajstić information content (AvgIpc) is 3.05. The predicted octanol–water partition coefficient (Wildman–Crippen LogP) is 3.93. The Morgan fingerprint density at radius 3 is 2.46 bits per heavy atom. The first kappa shape index (κ1) is 18.2. The van der Waals surface area contributed by atoms with Crippen molar-refractivity contribution >= 4 is 28.8 Å². The van der Waals surface area contributed by atoms with E-state index in [9.17, 15) is 9.59 Å². The molecule has 5 heteroatoms. The third-order valence-electron chi connectivity index (χ3n) is 3.73. The van der Waals surface area contributed by atoms with E-state index in [1.807, 2.05) is 44.4 Å². The lowest BCUT2D eigenvalue weighted by Gasteiger charge is -2.22. The van der Waals surface area contributed by atoms with Crippen molar-refractivity contribution in [3.63, 3.8) is 0 Å². The minimum Gasteiger partial charge on any atom is -0.351 e. The van der Waals surface area contributed by atoms with Gasteiger partial charge in [-0.05, 0) is 61.9 Å². The molecule has 1 aromatic heterocycles. The predicted molar refractivity (Wildman–Crippen MR) is 99.8 cm³/mol. The van der Waals surface area contributed by atoms with Crippen molar-refractivity contribution in [2.75, 3.05) is 18.0 Å². The average molecular weight is 344 g/mol. The van der Waals surface area contributed by atoms with Gasteiger partial charge in [-0.15, -0.1) is 11.3 Å². The number of nitrogens with zero attached hydrogens (tertiary/aromatic N) is 1. The molecule has 24 heavy (non-hydrogen) atoms. The van der Waals surface area contributed by atoms with Gasteiger partial charge in [-0.25, -0.2) is 0 Å². The standard InChI is InChI=1S/C19H24N2O2S/c1-4-21(16-12-14(2)11-15(3)13-16)18(22)8-5-9-20-19(23)17-7-6-10-24-17/h6-7,10-13H,4-5,8-9H2,1-3H3,(H,20,23). The fourth-order valence-corrected chi connectivity index (χ4v) is 3.32. The second kappa shape index (κ2) is 8.64. The van der Waals surface area contributed by atoms with Crippen molar-refractivity contribution in [1.82, 2.24) is 5.32 Å². The number of thiophene rings is 1. The van der Waals surface area contributed by atoms with E-state index < -0.39 is 0 Å². The maximum absolute atomic E-state index is 12.5. The van der Waals surface area contributed by atoms with Crippen LogP contribution in [-0.2, 0) is 4.79 Å². The second-order valence-corrected chi connectivity index (χ2v) is 6.77. The molecule has 1 heterocycles.